The van der Waals surface area contributed by atoms with Crippen LogP contribution >= 0.6 is 44.1 Å². The number of nitro groups is 1. The molecule has 7 nitrogen and oxygen atoms in total. The summed E-state index contributed by atoms with van der Waals surface area (Å²) in [5.74, 6) is -0.603. The maximum Gasteiger partial charge on any atom is 0.350 e. The second-order valence-electron chi connectivity index (χ2n) is 5.84. The Bertz CT molecular complexity index is 924. The van der Waals surface area contributed by atoms with Gasteiger partial charge in [0.15, 0.2) is 5.75 Å². The van der Waals surface area contributed by atoms with Gasteiger partial charge in [0.1, 0.15) is 10.6 Å². The van der Waals surface area contributed by atoms with Crippen LogP contribution in [0.25, 0.3) is 0 Å². The summed E-state index contributed by atoms with van der Waals surface area (Å²) in [6, 6.07) is 9.14. The van der Waals surface area contributed by atoms with Crippen LogP contribution in [0.1, 0.15) is 15.9 Å². The number of carbonyl (C=O) groups is 1. The molecule has 1 heterocycles. The Kier molecular flexibility index (Phi) is 6.76. The highest BCUT2D eigenvalue weighted by molar-refractivity contribution is 9.11. The molecule has 1 aliphatic rings. The average molecular weight is 530 g/mol. The topological polar surface area (TPSA) is 81.9 Å². The zero-order valence-electron chi connectivity index (χ0n) is 14.4. The Labute approximate surface area is 183 Å². The van der Waals surface area contributed by atoms with Crippen molar-refractivity contribution in [1.82, 2.24) is 4.90 Å². The van der Waals surface area contributed by atoms with Crippen molar-refractivity contribution in [1.29, 1.82) is 0 Å². The fraction of sp³-hybridized carbons (Fsp3) is 0.222. The number of thiocarbonyl (C=S) groups is 1. The van der Waals surface area contributed by atoms with Gasteiger partial charge in [-0.3, -0.25) is 10.1 Å². The second kappa shape index (κ2) is 9.08. The molecule has 3 rings (SSSR count). The lowest BCUT2D eigenvalue weighted by Gasteiger charge is -2.29. The average Bonchev–Trinajstić information content (AvgIpc) is 2.70. The summed E-state index contributed by atoms with van der Waals surface area (Å²) < 4.78 is 11.8. The predicted octanol–water partition coefficient (Wildman–Crippen LogP) is 4.35. The van der Waals surface area contributed by atoms with E-state index < -0.39 is 10.9 Å². The Morgan fingerprint density at radius 1 is 1.18 bits per heavy atom. The van der Waals surface area contributed by atoms with Crippen LogP contribution in [-0.4, -0.2) is 47.1 Å². The smallest absolute Gasteiger partial charge is 0.350 e. The fourth-order valence-corrected chi connectivity index (χ4v) is 4.33. The van der Waals surface area contributed by atoms with Crippen molar-refractivity contribution >= 4 is 60.7 Å². The first-order chi connectivity index (χ1) is 13.4. The number of halogens is 2. The maximum absolute atomic E-state index is 12.5. The van der Waals surface area contributed by atoms with Crippen LogP contribution in [-0.2, 0) is 4.74 Å². The summed E-state index contributed by atoms with van der Waals surface area (Å²) in [6.07, 6.45) is 0. The first-order valence-corrected chi connectivity index (χ1v) is 10.2. The normalized spacial score (nSPS) is 13.9. The standard InChI is InChI=1S/C18H14Br2N2O5S/c19-13-9-11(17(28)21-5-7-26-8-6-21)10-14(20)16(13)27-18(23)12-3-1-2-4-15(12)22(24)25/h1-4,9-10H,5-8H2. The first kappa shape index (κ1) is 20.8. The van der Waals surface area contributed by atoms with Gasteiger partial charge in [0, 0.05) is 24.7 Å². The number of nitrogens with zero attached hydrogens (tertiary/aromatic N) is 2. The minimum atomic E-state index is -0.822. The number of morpholine rings is 1. The lowest BCUT2D eigenvalue weighted by atomic mass is 10.1. The van der Waals surface area contributed by atoms with E-state index in [1.165, 1.54) is 24.3 Å². The van der Waals surface area contributed by atoms with Gasteiger partial charge in [-0.15, -0.1) is 0 Å². The Morgan fingerprint density at radius 2 is 1.79 bits per heavy atom. The Morgan fingerprint density at radius 3 is 2.39 bits per heavy atom. The van der Waals surface area contributed by atoms with Gasteiger partial charge < -0.3 is 14.4 Å². The lowest BCUT2D eigenvalue weighted by molar-refractivity contribution is -0.385. The van der Waals surface area contributed by atoms with Crippen molar-refractivity contribution in [3.05, 3.63) is 66.6 Å². The number of hydrogen-bond acceptors (Lipinski definition) is 6. The molecule has 10 heteroatoms. The zero-order chi connectivity index (χ0) is 20.3. The molecular formula is C18H14Br2N2O5S. The molecule has 0 N–H and O–H groups in total. The molecule has 0 saturated carbocycles. The quantitative estimate of drug-likeness (QED) is 0.191. The molecule has 0 radical (unpaired) electrons. The molecule has 1 fully saturated rings. The molecule has 1 saturated heterocycles. The molecule has 0 aromatic heterocycles. The van der Waals surface area contributed by atoms with Crippen molar-refractivity contribution in [3.8, 4) is 5.75 Å². The summed E-state index contributed by atoms with van der Waals surface area (Å²) in [7, 11) is 0. The van der Waals surface area contributed by atoms with Crippen molar-refractivity contribution in [2.75, 3.05) is 26.3 Å². The van der Waals surface area contributed by atoms with E-state index in [0.717, 1.165) is 5.56 Å². The van der Waals surface area contributed by atoms with Gasteiger partial charge in [-0.2, -0.15) is 0 Å². The number of para-hydroxylation sites is 1. The van der Waals surface area contributed by atoms with E-state index in [4.69, 9.17) is 21.7 Å². The third-order valence-electron chi connectivity index (χ3n) is 4.06. The third kappa shape index (κ3) is 4.57. The van der Waals surface area contributed by atoms with Gasteiger partial charge in [-0.25, -0.2) is 4.79 Å². The van der Waals surface area contributed by atoms with Gasteiger partial charge in [0.25, 0.3) is 5.69 Å². The highest BCUT2D eigenvalue weighted by atomic mass is 79.9. The minimum absolute atomic E-state index is 0.126. The summed E-state index contributed by atoms with van der Waals surface area (Å²) in [6.45, 7) is 2.66. The van der Waals surface area contributed by atoms with Gasteiger partial charge in [-0.05, 0) is 50.1 Å². The molecule has 0 amide bonds. The predicted molar refractivity (Wildman–Crippen MR) is 114 cm³/mol. The molecule has 0 spiro atoms. The number of benzene rings is 2. The number of carbonyl (C=O) groups excluding carboxylic acids is 1. The number of nitro benzene ring substituents is 1. The Balaban J connectivity index is 1.85. The molecule has 0 atom stereocenters. The summed E-state index contributed by atoms with van der Waals surface area (Å²) >= 11 is 12.3. The number of hydrogen-bond donors (Lipinski definition) is 0. The van der Waals surface area contributed by atoms with Crippen LogP contribution in [0.15, 0.2) is 45.3 Å². The highest BCUT2D eigenvalue weighted by Crippen LogP contribution is 2.36. The van der Waals surface area contributed by atoms with Crippen LogP contribution < -0.4 is 4.74 Å². The molecule has 28 heavy (non-hydrogen) atoms. The first-order valence-electron chi connectivity index (χ1n) is 8.20. The second-order valence-corrected chi connectivity index (χ2v) is 7.93. The molecule has 1 aliphatic heterocycles. The SMILES string of the molecule is O=C(Oc1c(Br)cc(C(=S)N2CCOCC2)cc1Br)c1ccccc1[N+](=O)[O-]. The molecule has 2 aromatic rings. The van der Waals surface area contributed by atoms with Crippen LogP contribution in [0.2, 0.25) is 0 Å². The van der Waals surface area contributed by atoms with E-state index >= 15 is 0 Å². The van der Waals surface area contributed by atoms with E-state index in [9.17, 15) is 14.9 Å². The van der Waals surface area contributed by atoms with E-state index in [-0.39, 0.29) is 17.0 Å². The van der Waals surface area contributed by atoms with Crippen LogP contribution in [0.4, 0.5) is 5.69 Å². The van der Waals surface area contributed by atoms with Crippen LogP contribution in [0, 0.1) is 10.1 Å². The minimum Gasteiger partial charge on any atom is -0.420 e. The lowest BCUT2D eigenvalue weighted by Crippen LogP contribution is -2.40. The van der Waals surface area contributed by atoms with E-state index in [1.54, 1.807) is 12.1 Å². The fourth-order valence-electron chi connectivity index (χ4n) is 2.68. The molecule has 2 aromatic carbocycles. The number of esters is 1. The zero-order valence-corrected chi connectivity index (χ0v) is 18.4. The van der Waals surface area contributed by atoms with E-state index in [2.05, 4.69) is 31.9 Å². The number of rotatable bonds is 4. The monoisotopic (exact) mass is 528 g/mol. The molecule has 0 bridgehead atoms. The Hall–Kier alpha value is -1.88. The molecule has 0 unspecified atom stereocenters. The van der Waals surface area contributed by atoms with Crippen molar-refractivity contribution in [2.24, 2.45) is 0 Å². The molecule has 0 aliphatic carbocycles. The summed E-state index contributed by atoms with van der Waals surface area (Å²) in [5, 5.41) is 11.1. The molecular weight excluding hydrogens is 516 g/mol. The van der Waals surface area contributed by atoms with Gasteiger partial charge in [0.2, 0.25) is 0 Å². The third-order valence-corrected chi connectivity index (χ3v) is 5.73. The van der Waals surface area contributed by atoms with Crippen LogP contribution in [0.5, 0.6) is 5.75 Å². The van der Waals surface area contributed by atoms with E-state index in [0.29, 0.717) is 40.2 Å². The molecule has 146 valence electrons. The van der Waals surface area contributed by atoms with Crippen molar-refractivity contribution < 1.29 is 19.2 Å². The van der Waals surface area contributed by atoms with Crippen molar-refractivity contribution in [2.45, 2.75) is 0 Å². The van der Waals surface area contributed by atoms with Gasteiger partial charge in [-0.1, -0.05) is 24.4 Å². The summed E-state index contributed by atoms with van der Waals surface area (Å²) in [5.41, 5.74) is 0.338. The highest BCUT2D eigenvalue weighted by Gasteiger charge is 2.24. The van der Waals surface area contributed by atoms with Crippen molar-refractivity contribution in [3.63, 3.8) is 0 Å². The van der Waals surface area contributed by atoms with Gasteiger partial charge in [0.05, 0.1) is 27.1 Å². The van der Waals surface area contributed by atoms with Crippen LogP contribution in [0.3, 0.4) is 0 Å². The van der Waals surface area contributed by atoms with Gasteiger partial charge >= 0.3 is 5.97 Å². The number of ether oxygens (including phenoxy) is 2. The summed E-state index contributed by atoms with van der Waals surface area (Å²) in [4.78, 5) is 25.7. The maximum atomic E-state index is 12.5. The largest absolute Gasteiger partial charge is 0.420 e. The van der Waals surface area contributed by atoms with E-state index in [1.807, 2.05) is 4.90 Å².